The van der Waals surface area contributed by atoms with E-state index in [1.165, 1.54) is 19.4 Å². The largest absolute Gasteiger partial charge is 0.523 e. The van der Waals surface area contributed by atoms with Crippen LogP contribution in [0.25, 0.3) is 0 Å². The highest BCUT2D eigenvalue weighted by molar-refractivity contribution is 7.13. The van der Waals surface area contributed by atoms with Crippen LogP contribution in [0.15, 0.2) is 10.5 Å². The second kappa shape index (κ2) is 8.99. The quantitative estimate of drug-likeness (QED) is 0.178. The van der Waals surface area contributed by atoms with Gasteiger partial charge >= 0.3 is 18.2 Å². The van der Waals surface area contributed by atoms with Gasteiger partial charge < -0.3 is 31.5 Å². The van der Waals surface area contributed by atoms with Crippen LogP contribution < -0.4 is 16.8 Å². The molecule has 0 aromatic carbocycles. The maximum atomic E-state index is 13.1. The number of aromatic nitrogens is 1. The van der Waals surface area contributed by atoms with Gasteiger partial charge in [-0.05, 0) is 6.92 Å². The van der Waals surface area contributed by atoms with Crippen LogP contribution in [0.2, 0.25) is 0 Å². The molecule has 2 aliphatic rings. The standard InChI is InChI=1S/C17H21N7O8S/c1-7-3-8(32-15(19)27)5-24(7,17(29)30)16(28)23-4-9(13(23)26)20-12(25)11(22-31-2)10-6-33-14(18)21-10/h6-9H,3-5H2,1-2H3,(H5-,18,19,20,21,25,27,29,30)/p+1/t7?,8?,9-,24-/m0/s1. The van der Waals surface area contributed by atoms with Crippen LogP contribution in [-0.2, 0) is 19.2 Å². The number of amides is 6. The van der Waals surface area contributed by atoms with Gasteiger partial charge in [-0.2, -0.15) is 4.79 Å². The maximum Gasteiger partial charge on any atom is 0.523 e. The molecule has 4 atom stereocenters. The summed E-state index contributed by atoms with van der Waals surface area (Å²) in [6.07, 6.45) is -3.43. The van der Waals surface area contributed by atoms with Crippen LogP contribution in [0.5, 0.6) is 0 Å². The molecule has 1 aromatic heterocycles. The summed E-state index contributed by atoms with van der Waals surface area (Å²) in [5.41, 5.74) is 10.5. The number of anilines is 1. The lowest BCUT2D eigenvalue weighted by Gasteiger charge is -2.40. The summed E-state index contributed by atoms with van der Waals surface area (Å²) in [6.45, 7) is 0.853. The molecule has 2 fully saturated rings. The smallest absolute Gasteiger partial charge is 0.440 e. The number of β-lactam (4-membered cyclic amide) rings is 1. The van der Waals surface area contributed by atoms with Gasteiger partial charge in [0.2, 0.25) is 0 Å². The van der Waals surface area contributed by atoms with Gasteiger partial charge in [-0.1, -0.05) is 5.16 Å². The molecule has 1 aromatic rings. The summed E-state index contributed by atoms with van der Waals surface area (Å²) < 4.78 is 3.73. The number of hydrogen-bond donors (Lipinski definition) is 4. The minimum atomic E-state index is -1.50. The van der Waals surface area contributed by atoms with E-state index in [9.17, 15) is 29.1 Å². The van der Waals surface area contributed by atoms with Crippen LogP contribution in [0, 0.1) is 0 Å². The van der Waals surface area contributed by atoms with Crippen LogP contribution in [0.3, 0.4) is 0 Å². The number of carbonyl (C=O) groups excluding carboxylic acids is 4. The monoisotopic (exact) mass is 484 g/mol. The molecule has 0 bridgehead atoms. The lowest BCUT2D eigenvalue weighted by atomic mass is 10.1. The normalized spacial score (nSPS) is 27.0. The Morgan fingerprint density at radius 3 is 2.61 bits per heavy atom. The third-order valence-electron chi connectivity index (χ3n) is 5.44. The average molecular weight is 484 g/mol. The van der Waals surface area contributed by atoms with Crippen molar-refractivity contribution in [2.45, 2.75) is 31.5 Å². The van der Waals surface area contributed by atoms with E-state index in [1.54, 1.807) is 0 Å². The topological polar surface area (TPSA) is 217 Å². The SMILES string of the molecule is CON=C(C(=O)N[C@H]1CN(C(=O)[N@+]2(C(=O)O)CC(OC(N)=O)CC2C)C1=O)c1csc(N)n1. The molecular formula is C17H22N7O8S+. The Hall–Kier alpha value is -3.79. The molecule has 15 nitrogen and oxygen atoms in total. The highest BCUT2D eigenvalue weighted by Gasteiger charge is 2.62. The summed E-state index contributed by atoms with van der Waals surface area (Å²) in [7, 11) is 1.22. The van der Waals surface area contributed by atoms with E-state index in [0.717, 1.165) is 16.2 Å². The summed E-state index contributed by atoms with van der Waals surface area (Å²) in [6, 6.07) is -2.89. The lowest BCUT2D eigenvalue weighted by Crippen LogP contribution is -2.73. The van der Waals surface area contributed by atoms with E-state index >= 15 is 0 Å². The second-order valence-corrected chi connectivity index (χ2v) is 8.32. The molecule has 0 radical (unpaired) electrons. The fraction of sp³-hybridized carbons (Fsp3) is 0.471. The van der Waals surface area contributed by atoms with Gasteiger partial charge in [0.1, 0.15) is 31.4 Å². The van der Waals surface area contributed by atoms with Gasteiger partial charge in [-0.3, -0.25) is 9.59 Å². The predicted octanol–water partition coefficient (Wildman–Crippen LogP) is -0.726. The van der Waals surface area contributed by atoms with Crippen LogP contribution in [0.4, 0.5) is 19.5 Å². The van der Waals surface area contributed by atoms with E-state index < -0.39 is 52.7 Å². The Morgan fingerprint density at radius 1 is 1.39 bits per heavy atom. The number of nitrogens with one attached hydrogen (secondary N) is 1. The predicted molar refractivity (Wildman–Crippen MR) is 111 cm³/mol. The van der Waals surface area contributed by atoms with E-state index in [1.807, 2.05) is 0 Å². The average Bonchev–Trinajstić information content (AvgIpc) is 3.30. The molecule has 0 spiro atoms. The third kappa shape index (κ3) is 4.29. The molecule has 6 amide bonds. The number of ether oxygens (including phenoxy) is 1. The van der Waals surface area contributed by atoms with E-state index in [4.69, 9.17) is 16.2 Å². The highest BCUT2D eigenvalue weighted by atomic mass is 32.1. The molecule has 0 saturated carbocycles. The fourth-order valence-corrected chi connectivity index (χ4v) is 4.39. The first-order valence-corrected chi connectivity index (χ1v) is 10.5. The number of imide groups is 2. The van der Waals surface area contributed by atoms with Crippen LogP contribution >= 0.6 is 11.3 Å². The van der Waals surface area contributed by atoms with Crippen molar-refractivity contribution in [3.05, 3.63) is 11.1 Å². The number of hydrogen-bond acceptors (Lipinski definition) is 11. The molecule has 2 aliphatic heterocycles. The van der Waals surface area contributed by atoms with E-state index in [-0.39, 0.29) is 36.0 Å². The van der Waals surface area contributed by atoms with Crippen LogP contribution in [-0.4, -0.2) is 93.6 Å². The van der Waals surface area contributed by atoms with Gasteiger partial charge in [0.25, 0.3) is 11.8 Å². The van der Waals surface area contributed by atoms with Crippen molar-refractivity contribution in [2.24, 2.45) is 10.9 Å². The van der Waals surface area contributed by atoms with E-state index in [0.29, 0.717) is 0 Å². The molecule has 3 heterocycles. The summed E-state index contributed by atoms with van der Waals surface area (Å²) >= 11 is 1.07. The number of nitrogens with two attached hydrogens (primary N) is 2. The number of nitrogens with zero attached hydrogens (tertiary/aromatic N) is 4. The molecule has 2 unspecified atom stereocenters. The number of nitrogen functional groups attached to an aromatic ring is 1. The minimum absolute atomic E-state index is 0.0663. The molecule has 0 aliphatic carbocycles. The highest BCUT2D eigenvalue weighted by Crippen LogP contribution is 2.33. The van der Waals surface area contributed by atoms with Crippen molar-refractivity contribution in [1.29, 1.82) is 0 Å². The van der Waals surface area contributed by atoms with Gasteiger partial charge in [0.05, 0.1) is 6.54 Å². The van der Waals surface area contributed by atoms with Crippen molar-refractivity contribution < 1.29 is 43.1 Å². The van der Waals surface area contributed by atoms with Crippen molar-refractivity contribution in [2.75, 3.05) is 25.9 Å². The number of quaternary nitrogens is 1. The summed E-state index contributed by atoms with van der Waals surface area (Å²) in [4.78, 5) is 70.7. The Labute approximate surface area is 190 Å². The minimum Gasteiger partial charge on any atom is -0.440 e. The molecule has 33 heavy (non-hydrogen) atoms. The number of thiazole rings is 1. The van der Waals surface area contributed by atoms with Crippen LogP contribution in [0.1, 0.15) is 19.0 Å². The maximum absolute atomic E-state index is 13.1. The first kappa shape index (κ1) is 23.9. The summed E-state index contributed by atoms with van der Waals surface area (Å²) in [5.74, 6) is -1.59. The van der Waals surface area contributed by atoms with Crippen molar-refractivity contribution in [1.82, 2.24) is 15.2 Å². The molecule has 178 valence electrons. The van der Waals surface area contributed by atoms with Crippen molar-refractivity contribution in [3.8, 4) is 0 Å². The molecule has 6 N–H and O–H groups in total. The number of carboxylic acid groups (broad SMARTS) is 1. The number of urea groups is 1. The Morgan fingerprint density at radius 2 is 2.09 bits per heavy atom. The fourth-order valence-electron chi connectivity index (χ4n) is 3.84. The number of likely N-dealkylation sites (tertiary alicyclic amines) is 2. The molecule has 16 heteroatoms. The molecular weight excluding hydrogens is 462 g/mol. The third-order valence-corrected chi connectivity index (χ3v) is 6.12. The Kier molecular flexibility index (Phi) is 6.50. The Bertz CT molecular complexity index is 1040. The zero-order valence-electron chi connectivity index (χ0n) is 17.6. The second-order valence-electron chi connectivity index (χ2n) is 7.43. The zero-order valence-corrected chi connectivity index (χ0v) is 18.4. The van der Waals surface area contributed by atoms with E-state index in [2.05, 4.69) is 20.3 Å². The van der Waals surface area contributed by atoms with Gasteiger partial charge in [0, 0.05) is 11.8 Å². The summed E-state index contributed by atoms with van der Waals surface area (Å²) in [5, 5.41) is 17.5. The number of oxime groups is 1. The molecule has 3 rings (SSSR count). The number of rotatable bonds is 5. The van der Waals surface area contributed by atoms with Gasteiger partial charge in [0.15, 0.2) is 16.9 Å². The number of carbonyl (C=O) groups is 5. The Balaban J connectivity index is 1.71. The lowest BCUT2D eigenvalue weighted by molar-refractivity contribution is -0.792. The van der Waals surface area contributed by atoms with Gasteiger partial charge in [-0.25, -0.2) is 19.5 Å². The molecule has 2 saturated heterocycles. The first-order chi connectivity index (χ1) is 15.5. The van der Waals surface area contributed by atoms with Gasteiger partial charge in [-0.15, -0.1) is 15.8 Å². The van der Waals surface area contributed by atoms with Crippen molar-refractivity contribution >= 4 is 52.2 Å². The number of primary amides is 1. The first-order valence-electron chi connectivity index (χ1n) is 9.57. The van der Waals surface area contributed by atoms with Crippen molar-refractivity contribution in [3.63, 3.8) is 0 Å². The zero-order chi connectivity index (χ0) is 24.5.